The molecule has 0 aromatic heterocycles. The Kier molecular flexibility index (Phi) is 6.90. The van der Waals surface area contributed by atoms with Crippen LogP contribution in [0.1, 0.15) is 54.7 Å². The van der Waals surface area contributed by atoms with E-state index in [1.165, 1.54) is 0 Å². The number of hydrogen-bond donors (Lipinski definition) is 0. The highest BCUT2D eigenvalue weighted by atomic mass is 19.4. The second-order valence-electron chi connectivity index (χ2n) is 5.69. The predicted octanol–water partition coefficient (Wildman–Crippen LogP) is 3.95. The van der Waals surface area contributed by atoms with Gasteiger partial charge >= 0.3 is 12.1 Å². The second kappa shape index (κ2) is 8.27. The highest BCUT2D eigenvalue weighted by Gasteiger charge is 2.34. The first kappa shape index (κ1) is 20.9. The number of carbonyl (C=O) groups excluding carboxylic acids is 2. The third-order valence-electron chi connectivity index (χ3n) is 3.96. The third-order valence-corrected chi connectivity index (χ3v) is 3.96. The third kappa shape index (κ3) is 4.90. The van der Waals surface area contributed by atoms with Crippen LogP contribution in [0.3, 0.4) is 0 Å². The molecule has 1 amide bonds. The first-order chi connectivity index (χ1) is 11.6. The molecule has 0 radical (unpaired) electrons. The SMILES string of the molecule is CCc1cc(CC)c(C(=O)C(=O)N(C)/N=C(/C)C(F)(F)F)c(CC)c1. The lowest BCUT2D eigenvalue weighted by Crippen LogP contribution is -2.33. The van der Waals surface area contributed by atoms with Crippen molar-refractivity contribution in [3.05, 3.63) is 34.4 Å². The molecule has 0 fully saturated rings. The van der Waals surface area contributed by atoms with Gasteiger partial charge in [0, 0.05) is 12.6 Å². The van der Waals surface area contributed by atoms with Crippen molar-refractivity contribution >= 4 is 17.4 Å². The van der Waals surface area contributed by atoms with Gasteiger partial charge in [-0.05, 0) is 42.9 Å². The molecule has 0 bridgehead atoms. The molecule has 0 aliphatic heterocycles. The molecule has 25 heavy (non-hydrogen) atoms. The average molecular weight is 356 g/mol. The molecule has 1 rings (SSSR count). The quantitative estimate of drug-likeness (QED) is 0.335. The van der Waals surface area contributed by atoms with Gasteiger partial charge in [-0.2, -0.15) is 18.3 Å². The summed E-state index contributed by atoms with van der Waals surface area (Å²) < 4.78 is 37.7. The number of nitrogens with zero attached hydrogens (tertiary/aromatic N) is 2. The van der Waals surface area contributed by atoms with Crippen molar-refractivity contribution in [3.63, 3.8) is 0 Å². The molecule has 0 heterocycles. The lowest BCUT2D eigenvalue weighted by atomic mass is 9.91. The minimum atomic E-state index is -4.65. The second-order valence-corrected chi connectivity index (χ2v) is 5.69. The van der Waals surface area contributed by atoms with E-state index in [1.54, 1.807) is 0 Å². The van der Waals surface area contributed by atoms with E-state index in [9.17, 15) is 22.8 Å². The van der Waals surface area contributed by atoms with Gasteiger partial charge in [0.25, 0.3) is 5.78 Å². The summed E-state index contributed by atoms with van der Waals surface area (Å²) in [6.07, 6.45) is -2.77. The zero-order valence-electron chi connectivity index (χ0n) is 15.1. The van der Waals surface area contributed by atoms with Crippen LogP contribution in [0.2, 0.25) is 0 Å². The first-order valence-electron chi connectivity index (χ1n) is 8.16. The number of alkyl halides is 3. The Morgan fingerprint density at radius 3 is 1.88 bits per heavy atom. The van der Waals surface area contributed by atoms with Crippen LogP contribution in [-0.4, -0.2) is 35.6 Å². The fraction of sp³-hybridized carbons (Fsp3) is 0.500. The lowest BCUT2D eigenvalue weighted by Gasteiger charge is -2.17. The van der Waals surface area contributed by atoms with Crippen molar-refractivity contribution < 1.29 is 22.8 Å². The van der Waals surface area contributed by atoms with Gasteiger partial charge in [0.1, 0.15) is 5.71 Å². The zero-order valence-corrected chi connectivity index (χ0v) is 15.1. The summed E-state index contributed by atoms with van der Waals surface area (Å²) >= 11 is 0. The van der Waals surface area contributed by atoms with E-state index in [0.717, 1.165) is 37.1 Å². The zero-order chi connectivity index (χ0) is 19.4. The summed E-state index contributed by atoms with van der Waals surface area (Å²) in [6.45, 7) is 6.47. The van der Waals surface area contributed by atoms with Crippen LogP contribution < -0.4 is 0 Å². The molecule has 1 aromatic rings. The van der Waals surface area contributed by atoms with Crippen LogP contribution in [0, 0.1) is 0 Å². The van der Waals surface area contributed by atoms with E-state index in [0.29, 0.717) is 17.9 Å². The van der Waals surface area contributed by atoms with Gasteiger partial charge in [-0.15, -0.1) is 0 Å². The van der Waals surface area contributed by atoms with Crippen molar-refractivity contribution in [1.82, 2.24) is 5.01 Å². The molecule has 0 unspecified atom stereocenters. The Hall–Kier alpha value is -2.18. The molecule has 0 atom stereocenters. The van der Waals surface area contributed by atoms with Crippen molar-refractivity contribution in [3.8, 4) is 0 Å². The number of halogens is 3. The normalized spacial score (nSPS) is 12.2. The summed E-state index contributed by atoms with van der Waals surface area (Å²) in [5, 5.41) is 3.65. The summed E-state index contributed by atoms with van der Waals surface area (Å²) in [4.78, 5) is 24.9. The van der Waals surface area contributed by atoms with Gasteiger partial charge in [0.15, 0.2) is 0 Å². The Morgan fingerprint density at radius 1 is 1.04 bits per heavy atom. The van der Waals surface area contributed by atoms with E-state index in [2.05, 4.69) is 5.10 Å². The fourth-order valence-electron chi connectivity index (χ4n) is 2.47. The van der Waals surface area contributed by atoms with E-state index in [1.807, 2.05) is 32.9 Å². The Morgan fingerprint density at radius 2 is 1.52 bits per heavy atom. The van der Waals surface area contributed by atoms with E-state index in [-0.39, 0.29) is 5.56 Å². The van der Waals surface area contributed by atoms with E-state index < -0.39 is 23.6 Å². The van der Waals surface area contributed by atoms with Crippen LogP contribution in [0.4, 0.5) is 13.2 Å². The molecule has 1 aromatic carbocycles. The number of benzene rings is 1. The first-order valence-corrected chi connectivity index (χ1v) is 8.16. The lowest BCUT2D eigenvalue weighted by molar-refractivity contribution is -0.125. The van der Waals surface area contributed by atoms with Gasteiger partial charge in [0.2, 0.25) is 0 Å². The number of hydrazone groups is 1. The molecular weight excluding hydrogens is 333 g/mol. The van der Waals surface area contributed by atoms with Crippen LogP contribution in [0.25, 0.3) is 0 Å². The van der Waals surface area contributed by atoms with Crippen LogP contribution >= 0.6 is 0 Å². The summed E-state index contributed by atoms with van der Waals surface area (Å²) in [5.41, 5.74) is 1.58. The molecule has 0 spiro atoms. The number of ketones is 1. The highest BCUT2D eigenvalue weighted by Crippen LogP contribution is 2.22. The number of amides is 1. The number of rotatable bonds is 6. The molecule has 0 aliphatic carbocycles. The topological polar surface area (TPSA) is 49.7 Å². The monoisotopic (exact) mass is 356 g/mol. The number of aryl methyl sites for hydroxylation is 3. The van der Waals surface area contributed by atoms with Gasteiger partial charge in [0.05, 0.1) is 0 Å². The van der Waals surface area contributed by atoms with Crippen molar-refractivity contribution in [2.24, 2.45) is 5.10 Å². The van der Waals surface area contributed by atoms with Crippen LogP contribution in [-0.2, 0) is 24.1 Å². The van der Waals surface area contributed by atoms with Crippen molar-refractivity contribution in [1.29, 1.82) is 0 Å². The average Bonchev–Trinajstić information content (AvgIpc) is 2.57. The molecule has 4 nitrogen and oxygen atoms in total. The molecule has 0 saturated carbocycles. The maximum absolute atomic E-state index is 12.6. The van der Waals surface area contributed by atoms with E-state index in [4.69, 9.17) is 0 Å². The van der Waals surface area contributed by atoms with Crippen LogP contribution in [0.15, 0.2) is 17.2 Å². The standard InChI is InChI=1S/C18H23F3N2O2/c1-6-12-9-13(7-2)15(14(8-3)10-12)16(24)17(25)23(5)22-11(4)18(19,20)21/h9-10H,6-8H2,1-5H3/b22-11-. The van der Waals surface area contributed by atoms with Crippen molar-refractivity contribution in [2.45, 2.75) is 53.1 Å². The number of hydrogen-bond acceptors (Lipinski definition) is 3. The highest BCUT2D eigenvalue weighted by molar-refractivity contribution is 6.43. The van der Waals surface area contributed by atoms with Gasteiger partial charge in [-0.1, -0.05) is 32.9 Å². The van der Waals surface area contributed by atoms with Gasteiger partial charge < -0.3 is 0 Å². The van der Waals surface area contributed by atoms with Gasteiger partial charge in [-0.3, -0.25) is 9.59 Å². The maximum Gasteiger partial charge on any atom is 0.430 e. The maximum atomic E-state index is 12.6. The van der Waals surface area contributed by atoms with Crippen molar-refractivity contribution in [2.75, 3.05) is 7.05 Å². The molecular formula is C18H23F3N2O2. The summed E-state index contributed by atoms with van der Waals surface area (Å²) in [6, 6.07) is 3.73. The largest absolute Gasteiger partial charge is 0.430 e. The van der Waals surface area contributed by atoms with Gasteiger partial charge in [-0.25, -0.2) is 5.01 Å². The predicted molar refractivity (Wildman–Crippen MR) is 90.8 cm³/mol. The fourth-order valence-corrected chi connectivity index (χ4v) is 2.47. The Labute approximate surface area is 145 Å². The Balaban J connectivity index is 3.29. The number of likely N-dealkylation sites (N-methyl/N-ethyl adjacent to an activating group) is 1. The minimum Gasteiger partial charge on any atom is -0.283 e. The minimum absolute atomic E-state index is 0.277. The van der Waals surface area contributed by atoms with E-state index >= 15 is 0 Å². The molecule has 138 valence electrons. The molecule has 0 aliphatic rings. The summed E-state index contributed by atoms with van der Waals surface area (Å²) in [5.74, 6) is -1.92. The number of Topliss-reactive ketones (excluding diaryl/α,β-unsaturated/α-hetero) is 1. The molecule has 7 heteroatoms. The summed E-state index contributed by atoms with van der Waals surface area (Å²) in [7, 11) is 1.05. The molecule has 0 saturated heterocycles. The Bertz CT molecular complexity index is 669. The van der Waals surface area contributed by atoms with Crippen LogP contribution in [0.5, 0.6) is 0 Å². The molecule has 0 N–H and O–H groups in total. The smallest absolute Gasteiger partial charge is 0.283 e. The number of carbonyl (C=O) groups is 2.